The molecule has 1 aromatic rings. The number of methoxy groups -OCH3 is 2. The lowest BCUT2D eigenvalue weighted by Gasteiger charge is -2.11. The third kappa shape index (κ3) is 6.49. The van der Waals surface area contributed by atoms with Gasteiger partial charge in [-0.2, -0.15) is 0 Å². The van der Waals surface area contributed by atoms with Crippen LogP contribution in [-0.4, -0.2) is 45.0 Å². The minimum atomic E-state index is 0. The second kappa shape index (κ2) is 10.6. The van der Waals surface area contributed by atoms with Crippen LogP contribution < -0.4 is 20.1 Å². The van der Waals surface area contributed by atoms with Crippen molar-refractivity contribution in [3.63, 3.8) is 0 Å². The summed E-state index contributed by atoms with van der Waals surface area (Å²) in [7, 11) is 3.24. The molecule has 0 aromatic heterocycles. The Morgan fingerprint density at radius 2 is 2.13 bits per heavy atom. The lowest BCUT2D eigenvalue weighted by molar-refractivity contribution is -0.120. The molecule has 1 fully saturated rings. The molecule has 7 heteroatoms. The number of rotatable bonds is 8. The molecule has 1 amide bonds. The molecule has 1 saturated heterocycles. The Morgan fingerprint density at radius 3 is 2.78 bits per heavy atom. The van der Waals surface area contributed by atoms with Gasteiger partial charge in [0.2, 0.25) is 5.91 Å². The van der Waals surface area contributed by atoms with Gasteiger partial charge in [0.15, 0.2) is 11.5 Å². The van der Waals surface area contributed by atoms with Gasteiger partial charge in [-0.05, 0) is 37.6 Å². The highest BCUT2D eigenvalue weighted by Crippen LogP contribution is 2.31. The number of carbonyl (C=O) groups is 1. The van der Waals surface area contributed by atoms with Crippen LogP contribution in [0.2, 0.25) is 0 Å². The smallest absolute Gasteiger partial charge is 0.220 e. The van der Waals surface area contributed by atoms with Gasteiger partial charge in [-0.25, -0.2) is 0 Å². The highest BCUT2D eigenvalue weighted by Gasteiger charge is 2.14. The van der Waals surface area contributed by atoms with E-state index in [0.717, 1.165) is 30.2 Å². The third-order valence-electron chi connectivity index (χ3n) is 3.66. The van der Waals surface area contributed by atoms with E-state index >= 15 is 0 Å². The van der Waals surface area contributed by atoms with Crippen LogP contribution in [0.3, 0.4) is 0 Å². The molecule has 1 heterocycles. The van der Waals surface area contributed by atoms with Crippen molar-refractivity contribution in [1.82, 2.24) is 10.6 Å². The molecule has 0 aliphatic carbocycles. The summed E-state index contributed by atoms with van der Waals surface area (Å²) in [6.07, 6.45) is 2.88. The van der Waals surface area contributed by atoms with Crippen LogP contribution in [0.5, 0.6) is 11.5 Å². The van der Waals surface area contributed by atoms with Gasteiger partial charge in [0.1, 0.15) is 0 Å². The highest BCUT2D eigenvalue weighted by molar-refractivity contribution is 7.99. The summed E-state index contributed by atoms with van der Waals surface area (Å²) < 4.78 is 10.5. The molecular weight excluding hydrogens is 336 g/mol. The summed E-state index contributed by atoms with van der Waals surface area (Å²) >= 11 is 1.64. The zero-order valence-electron chi connectivity index (χ0n) is 13.6. The summed E-state index contributed by atoms with van der Waals surface area (Å²) in [4.78, 5) is 12.9. The van der Waals surface area contributed by atoms with Gasteiger partial charge in [0.25, 0.3) is 0 Å². The predicted octanol–water partition coefficient (Wildman–Crippen LogP) is 2.48. The summed E-state index contributed by atoms with van der Waals surface area (Å²) in [6.45, 7) is 1.80. The highest BCUT2D eigenvalue weighted by atomic mass is 35.5. The van der Waals surface area contributed by atoms with E-state index < -0.39 is 0 Å². The maximum atomic E-state index is 11.8. The first-order valence-corrected chi connectivity index (χ1v) is 8.56. The Kier molecular flexibility index (Phi) is 9.21. The van der Waals surface area contributed by atoms with Crippen molar-refractivity contribution in [2.75, 3.05) is 33.1 Å². The maximum Gasteiger partial charge on any atom is 0.220 e. The fraction of sp³-hybridized carbons (Fsp3) is 0.562. The van der Waals surface area contributed by atoms with Gasteiger partial charge >= 0.3 is 0 Å². The molecule has 1 atom stereocenters. The Hall–Kier alpha value is -1.11. The SMILES string of the molecule is COc1ccc(SCCC(=O)NCC2CCCN2)cc1OC.Cl. The second-order valence-electron chi connectivity index (χ2n) is 5.21. The first-order valence-electron chi connectivity index (χ1n) is 7.58. The average molecular weight is 361 g/mol. The first kappa shape index (κ1) is 19.9. The third-order valence-corrected chi connectivity index (χ3v) is 4.66. The number of halogens is 1. The molecule has 1 aliphatic rings. The fourth-order valence-corrected chi connectivity index (χ4v) is 3.30. The minimum absolute atomic E-state index is 0. The lowest BCUT2D eigenvalue weighted by atomic mass is 10.2. The van der Waals surface area contributed by atoms with Crippen LogP contribution in [-0.2, 0) is 4.79 Å². The predicted molar refractivity (Wildman–Crippen MR) is 96.2 cm³/mol. The summed E-state index contributed by atoms with van der Waals surface area (Å²) in [5, 5.41) is 6.36. The number of benzene rings is 1. The topological polar surface area (TPSA) is 59.6 Å². The molecular formula is C16H25ClN2O3S. The number of hydrogen-bond donors (Lipinski definition) is 2. The molecule has 0 saturated carbocycles. The van der Waals surface area contributed by atoms with Crippen LogP contribution in [0, 0.1) is 0 Å². The zero-order chi connectivity index (χ0) is 15.8. The summed E-state index contributed by atoms with van der Waals surface area (Å²) in [5.74, 6) is 2.29. The van der Waals surface area contributed by atoms with Crippen LogP contribution in [0.15, 0.2) is 23.1 Å². The molecule has 0 spiro atoms. The maximum absolute atomic E-state index is 11.8. The number of ether oxygens (including phenoxy) is 2. The van der Waals surface area contributed by atoms with Crippen LogP contribution in [0.1, 0.15) is 19.3 Å². The van der Waals surface area contributed by atoms with Gasteiger partial charge in [-0.1, -0.05) is 0 Å². The van der Waals surface area contributed by atoms with Gasteiger partial charge in [0, 0.05) is 29.7 Å². The van der Waals surface area contributed by atoms with Crippen LogP contribution in [0.25, 0.3) is 0 Å². The van der Waals surface area contributed by atoms with Crippen molar-refractivity contribution < 1.29 is 14.3 Å². The largest absolute Gasteiger partial charge is 0.493 e. The molecule has 23 heavy (non-hydrogen) atoms. The first-order chi connectivity index (χ1) is 10.7. The Balaban J connectivity index is 0.00000264. The molecule has 130 valence electrons. The van der Waals surface area contributed by atoms with E-state index in [9.17, 15) is 4.79 Å². The normalized spacial score (nSPS) is 16.5. The Labute approximate surface area is 148 Å². The standard InChI is InChI=1S/C16H24N2O3S.ClH/c1-20-14-6-5-13(10-15(14)21-2)22-9-7-16(19)18-11-12-4-3-8-17-12;/h5-6,10,12,17H,3-4,7-9,11H2,1-2H3,(H,18,19);1H. The molecule has 0 radical (unpaired) electrons. The van der Waals surface area contributed by atoms with Crippen molar-refractivity contribution in [3.05, 3.63) is 18.2 Å². The van der Waals surface area contributed by atoms with E-state index in [1.165, 1.54) is 6.42 Å². The molecule has 1 aromatic carbocycles. The zero-order valence-corrected chi connectivity index (χ0v) is 15.2. The molecule has 0 bridgehead atoms. The quantitative estimate of drug-likeness (QED) is 0.697. The number of amides is 1. The fourth-order valence-electron chi connectivity index (χ4n) is 2.42. The number of hydrogen-bond acceptors (Lipinski definition) is 5. The van der Waals surface area contributed by atoms with E-state index in [4.69, 9.17) is 9.47 Å². The van der Waals surface area contributed by atoms with E-state index in [1.54, 1.807) is 26.0 Å². The van der Waals surface area contributed by atoms with Crippen molar-refractivity contribution in [2.45, 2.75) is 30.2 Å². The molecule has 2 N–H and O–H groups in total. The Morgan fingerprint density at radius 1 is 1.35 bits per heavy atom. The van der Waals surface area contributed by atoms with E-state index in [2.05, 4.69) is 10.6 Å². The van der Waals surface area contributed by atoms with E-state index in [-0.39, 0.29) is 18.3 Å². The van der Waals surface area contributed by atoms with Crippen molar-refractivity contribution in [1.29, 1.82) is 0 Å². The summed E-state index contributed by atoms with van der Waals surface area (Å²) in [5.41, 5.74) is 0. The van der Waals surface area contributed by atoms with E-state index in [0.29, 0.717) is 24.0 Å². The van der Waals surface area contributed by atoms with Crippen molar-refractivity contribution in [2.24, 2.45) is 0 Å². The van der Waals surface area contributed by atoms with Crippen LogP contribution in [0.4, 0.5) is 0 Å². The van der Waals surface area contributed by atoms with E-state index in [1.807, 2.05) is 18.2 Å². The molecule has 5 nitrogen and oxygen atoms in total. The number of thioether (sulfide) groups is 1. The van der Waals surface area contributed by atoms with Gasteiger partial charge < -0.3 is 20.1 Å². The second-order valence-corrected chi connectivity index (χ2v) is 6.38. The monoisotopic (exact) mass is 360 g/mol. The lowest BCUT2D eigenvalue weighted by Crippen LogP contribution is -2.37. The minimum Gasteiger partial charge on any atom is -0.493 e. The molecule has 1 aliphatic heterocycles. The summed E-state index contributed by atoms with van der Waals surface area (Å²) in [6, 6.07) is 6.24. The van der Waals surface area contributed by atoms with Crippen LogP contribution >= 0.6 is 24.2 Å². The van der Waals surface area contributed by atoms with Gasteiger partial charge in [0.05, 0.1) is 14.2 Å². The molecule has 2 rings (SSSR count). The van der Waals surface area contributed by atoms with Crippen molar-refractivity contribution >= 4 is 30.1 Å². The molecule has 1 unspecified atom stereocenters. The Bertz CT molecular complexity index is 496. The van der Waals surface area contributed by atoms with Crippen molar-refractivity contribution in [3.8, 4) is 11.5 Å². The van der Waals surface area contributed by atoms with Gasteiger partial charge in [-0.3, -0.25) is 4.79 Å². The number of nitrogens with one attached hydrogen (secondary N) is 2. The number of carbonyl (C=O) groups excluding carboxylic acids is 1. The van der Waals surface area contributed by atoms with Gasteiger partial charge in [-0.15, -0.1) is 24.2 Å². The average Bonchev–Trinajstić information content (AvgIpc) is 3.06.